The Hall–Kier alpha value is -1.02. The molecule has 1 aliphatic carbocycles. The predicted octanol–water partition coefficient (Wildman–Crippen LogP) is 4.19. The number of hydrogen-bond donors (Lipinski definition) is 1. The molecule has 1 aromatic rings. The SMILES string of the molecule is Cc1cc(C(C)(C)C)ccc1OC1CC(C)CCC1N. The Morgan fingerprint density at radius 1 is 1.20 bits per heavy atom. The third-order valence-electron chi connectivity index (χ3n) is 4.42. The molecule has 3 atom stereocenters. The molecule has 2 nitrogen and oxygen atoms in total. The lowest BCUT2D eigenvalue weighted by atomic mass is 9.85. The largest absolute Gasteiger partial charge is 0.489 e. The average molecular weight is 275 g/mol. The van der Waals surface area contributed by atoms with E-state index in [0.29, 0.717) is 5.92 Å². The highest BCUT2D eigenvalue weighted by atomic mass is 16.5. The number of hydrogen-bond acceptors (Lipinski definition) is 2. The Balaban J connectivity index is 2.13. The van der Waals surface area contributed by atoms with Crippen LogP contribution in [0.4, 0.5) is 0 Å². The number of ether oxygens (including phenoxy) is 1. The Morgan fingerprint density at radius 2 is 1.90 bits per heavy atom. The van der Waals surface area contributed by atoms with E-state index < -0.39 is 0 Å². The highest BCUT2D eigenvalue weighted by Crippen LogP contribution is 2.31. The molecule has 0 spiro atoms. The summed E-state index contributed by atoms with van der Waals surface area (Å²) in [6.45, 7) is 11.1. The molecule has 3 unspecified atom stereocenters. The lowest BCUT2D eigenvalue weighted by molar-refractivity contribution is 0.107. The quantitative estimate of drug-likeness (QED) is 0.878. The van der Waals surface area contributed by atoms with Crippen LogP contribution in [0.2, 0.25) is 0 Å². The first-order valence-electron chi connectivity index (χ1n) is 7.80. The first-order valence-corrected chi connectivity index (χ1v) is 7.80. The van der Waals surface area contributed by atoms with Crippen LogP contribution in [0.15, 0.2) is 18.2 Å². The molecule has 0 heterocycles. The van der Waals surface area contributed by atoms with E-state index in [9.17, 15) is 0 Å². The summed E-state index contributed by atoms with van der Waals surface area (Å²) in [7, 11) is 0. The number of rotatable bonds is 2. The number of benzene rings is 1. The van der Waals surface area contributed by atoms with Gasteiger partial charge >= 0.3 is 0 Å². The van der Waals surface area contributed by atoms with Gasteiger partial charge in [0.25, 0.3) is 0 Å². The maximum atomic E-state index is 6.21. The summed E-state index contributed by atoms with van der Waals surface area (Å²) in [5.41, 5.74) is 8.95. The van der Waals surface area contributed by atoms with Crippen LogP contribution in [0.5, 0.6) is 5.75 Å². The van der Waals surface area contributed by atoms with Crippen molar-refractivity contribution in [1.82, 2.24) is 0 Å². The molecule has 0 amide bonds. The van der Waals surface area contributed by atoms with Crippen molar-refractivity contribution in [3.63, 3.8) is 0 Å². The lowest BCUT2D eigenvalue weighted by Crippen LogP contribution is -2.43. The molecule has 112 valence electrons. The molecule has 1 aromatic carbocycles. The standard InChI is InChI=1S/C18H29NO/c1-12-6-8-15(19)17(10-12)20-16-9-7-14(11-13(16)2)18(3,4)5/h7,9,11-12,15,17H,6,8,10,19H2,1-5H3. The molecule has 0 aromatic heterocycles. The summed E-state index contributed by atoms with van der Waals surface area (Å²) in [5, 5.41) is 0. The van der Waals surface area contributed by atoms with Crippen molar-refractivity contribution in [1.29, 1.82) is 0 Å². The van der Waals surface area contributed by atoms with Crippen LogP contribution in [0.3, 0.4) is 0 Å². The second-order valence-electron chi connectivity index (χ2n) is 7.47. The minimum Gasteiger partial charge on any atom is -0.489 e. The second kappa shape index (κ2) is 5.77. The van der Waals surface area contributed by atoms with Gasteiger partial charge in [0, 0.05) is 6.04 Å². The zero-order valence-corrected chi connectivity index (χ0v) is 13.6. The fourth-order valence-electron chi connectivity index (χ4n) is 2.90. The van der Waals surface area contributed by atoms with Crippen LogP contribution in [0, 0.1) is 12.8 Å². The molecule has 1 aliphatic rings. The summed E-state index contributed by atoms with van der Waals surface area (Å²) in [5.74, 6) is 1.71. The van der Waals surface area contributed by atoms with Crippen molar-refractivity contribution in [2.45, 2.75) is 71.4 Å². The summed E-state index contributed by atoms with van der Waals surface area (Å²) >= 11 is 0. The minimum absolute atomic E-state index is 0.165. The van der Waals surface area contributed by atoms with Crippen LogP contribution < -0.4 is 10.5 Å². The van der Waals surface area contributed by atoms with Gasteiger partial charge in [-0.25, -0.2) is 0 Å². The summed E-state index contributed by atoms with van der Waals surface area (Å²) < 4.78 is 6.21. The molecule has 20 heavy (non-hydrogen) atoms. The molecule has 2 N–H and O–H groups in total. The van der Waals surface area contributed by atoms with Crippen molar-refractivity contribution < 1.29 is 4.74 Å². The second-order valence-corrected chi connectivity index (χ2v) is 7.47. The normalized spacial score (nSPS) is 27.4. The highest BCUT2D eigenvalue weighted by molar-refractivity contribution is 5.39. The van der Waals surface area contributed by atoms with E-state index in [1.54, 1.807) is 0 Å². The van der Waals surface area contributed by atoms with Gasteiger partial charge in [-0.3, -0.25) is 0 Å². The fourth-order valence-corrected chi connectivity index (χ4v) is 2.90. The van der Waals surface area contributed by atoms with Crippen molar-refractivity contribution in [3.8, 4) is 5.75 Å². The average Bonchev–Trinajstić information content (AvgIpc) is 2.35. The van der Waals surface area contributed by atoms with E-state index in [1.807, 2.05) is 0 Å². The van der Waals surface area contributed by atoms with E-state index in [0.717, 1.165) is 18.6 Å². The Morgan fingerprint density at radius 3 is 2.50 bits per heavy atom. The third kappa shape index (κ3) is 3.54. The molecule has 1 fully saturated rings. The Bertz CT molecular complexity index is 461. The first kappa shape index (κ1) is 15.4. The van der Waals surface area contributed by atoms with Crippen molar-refractivity contribution >= 4 is 0 Å². The van der Waals surface area contributed by atoms with Gasteiger partial charge in [-0.2, -0.15) is 0 Å². The van der Waals surface area contributed by atoms with Crippen LogP contribution in [0.25, 0.3) is 0 Å². The molecule has 0 radical (unpaired) electrons. The van der Waals surface area contributed by atoms with E-state index in [2.05, 4.69) is 52.8 Å². The molecular weight excluding hydrogens is 246 g/mol. The van der Waals surface area contributed by atoms with E-state index >= 15 is 0 Å². The molecule has 2 rings (SSSR count). The zero-order chi connectivity index (χ0) is 14.9. The van der Waals surface area contributed by atoms with Crippen LogP contribution in [0.1, 0.15) is 58.1 Å². The number of nitrogens with two attached hydrogens (primary N) is 1. The van der Waals surface area contributed by atoms with Gasteiger partial charge in [0.15, 0.2) is 0 Å². The van der Waals surface area contributed by atoms with Gasteiger partial charge in [-0.15, -0.1) is 0 Å². The van der Waals surface area contributed by atoms with E-state index in [-0.39, 0.29) is 17.6 Å². The molecular formula is C18H29NO. The monoisotopic (exact) mass is 275 g/mol. The lowest BCUT2D eigenvalue weighted by Gasteiger charge is -2.33. The topological polar surface area (TPSA) is 35.2 Å². The van der Waals surface area contributed by atoms with E-state index in [4.69, 9.17) is 10.5 Å². The van der Waals surface area contributed by atoms with Gasteiger partial charge in [0.1, 0.15) is 11.9 Å². The maximum Gasteiger partial charge on any atom is 0.122 e. The van der Waals surface area contributed by atoms with Crippen LogP contribution >= 0.6 is 0 Å². The van der Waals surface area contributed by atoms with Gasteiger partial charge in [0.2, 0.25) is 0 Å². The molecule has 0 bridgehead atoms. The molecule has 2 heteroatoms. The van der Waals surface area contributed by atoms with Gasteiger partial charge in [0.05, 0.1) is 0 Å². The minimum atomic E-state index is 0.165. The molecule has 0 aliphatic heterocycles. The van der Waals surface area contributed by atoms with Gasteiger partial charge in [-0.05, 0) is 54.7 Å². The summed E-state index contributed by atoms with van der Waals surface area (Å²) in [6.07, 6.45) is 3.54. The fraction of sp³-hybridized carbons (Fsp3) is 0.667. The highest BCUT2D eigenvalue weighted by Gasteiger charge is 2.28. The van der Waals surface area contributed by atoms with Crippen molar-refractivity contribution in [3.05, 3.63) is 29.3 Å². The van der Waals surface area contributed by atoms with Crippen molar-refractivity contribution in [2.75, 3.05) is 0 Å². The first-order chi connectivity index (χ1) is 9.27. The zero-order valence-electron chi connectivity index (χ0n) is 13.6. The smallest absolute Gasteiger partial charge is 0.122 e. The third-order valence-corrected chi connectivity index (χ3v) is 4.42. The summed E-state index contributed by atoms with van der Waals surface area (Å²) in [4.78, 5) is 0. The van der Waals surface area contributed by atoms with Gasteiger partial charge in [-0.1, -0.05) is 39.8 Å². The Kier molecular flexibility index (Phi) is 4.43. The van der Waals surface area contributed by atoms with Gasteiger partial charge < -0.3 is 10.5 Å². The maximum absolute atomic E-state index is 6.21. The summed E-state index contributed by atoms with van der Waals surface area (Å²) in [6, 6.07) is 6.71. The van der Waals surface area contributed by atoms with Crippen LogP contribution in [-0.4, -0.2) is 12.1 Å². The van der Waals surface area contributed by atoms with Crippen molar-refractivity contribution in [2.24, 2.45) is 11.7 Å². The molecule has 1 saturated carbocycles. The van der Waals surface area contributed by atoms with E-state index in [1.165, 1.54) is 17.5 Å². The Labute approximate surface area is 123 Å². The predicted molar refractivity (Wildman–Crippen MR) is 85.3 cm³/mol. The number of aryl methyl sites for hydroxylation is 1. The van der Waals surface area contributed by atoms with Crippen LogP contribution in [-0.2, 0) is 5.41 Å². The molecule has 0 saturated heterocycles.